The molecule has 144 valence electrons. The van der Waals surface area contributed by atoms with Gasteiger partial charge in [-0.15, -0.1) is 0 Å². The average molecular weight is 367 g/mol. The van der Waals surface area contributed by atoms with E-state index in [4.69, 9.17) is 4.74 Å². The third kappa shape index (κ3) is 4.23. The van der Waals surface area contributed by atoms with Crippen LogP contribution in [0.3, 0.4) is 0 Å². The van der Waals surface area contributed by atoms with Crippen molar-refractivity contribution in [2.45, 2.75) is 44.3 Å². The van der Waals surface area contributed by atoms with Crippen molar-refractivity contribution in [3.63, 3.8) is 0 Å². The van der Waals surface area contributed by atoms with E-state index in [1.54, 1.807) is 12.1 Å². The quantitative estimate of drug-likeness (QED) is 0.794. The lowest BCUT2D eigenvalue weighted by atomic mass is 9.82. The van der Waals surface area contributed by atoms with Gasteiger partial charge in [-0.25, -0.2) is 4.79 Å². The SMILES string of the molecule is CCCc1ccccc1C(O)(C(=O)OC1CCN(C)CC1)c1ccccc1. The first kappa shape index (κ1) is 19.6. The Morgan fingerprint density at radius 1 is 1.11 bits per heavy atom. The van der Waals surface area contributed by atoms with E-state index in [0.717, 1.165) is 44.3 Å². The topological polar surface area (TPSA) is 49.8 Å². The molecule has 1 heterocycles. The highest BCUT2D eigenvalue weighted by Gasteiger charge is 2.44. The molecule has 1 aliphatic rings. The van der Waals surface area contributed by atoms with Gasteiger partial charge in [0.2, 0.25) is 5.60 Å². The molecule has 1 aliphatic heterocycles. The minimum atomic E-state index is -1.80. The first-order chi connectivity index (χ1) is 13.1. The monoisotopic (exact) mass is 367 g/mol. The molecule has 0 spiro atoms. The molecule has 1 unspecified atom stereocenters. The van der Waals surface area contributed by atoms with E-state index < -0.39 is 11.6 Å². The minimum Gasteiger partial charge on any atom is -0.460 e. The molecule has 0 radical (unpaired) electrons. The van der Waals surface area contributed by atoms with Crippen molar-refractivity contribution in [1.29, 1.82) is 0 Å². The number of likely N-dealkylation sites (tertiary alicyclic amines) is 1. The van der Waals surface area contributed by atoms with Gasteiger partial charge in [-0.05, 0) is 37.4 Å². The fourth-order valence-electron chi connectivity index (χ4n) is 3.76. The summed E-state index contributed by atoms with van der Waals surface area (Å²) in [6.07, 6.45) is 3.17. The van der Waals surface area contributed by atoms with Crippen molar-refractivity contribution in [2.24, 2.45) is 0 Å². The van der Waals surface area contributed by atoms with Gasteiger partial charge >= 0.3 is 5.97 Å². The third-order valence-corrected chi connectivity index (χ3v) is 5.35. The molecular formula is C23H29NO3. The molecule has 4 nitrogen and oxygen atoms in total. The van der Waals surface area contributed by atoms with Crippen LogP contribution in [0, 0.1) is 0 Å². The maximum atomic E-state index is 13.3. The van der Waals surface area contributed by atoms with Gasteiger partial charge in [0.15, 0.2) is 0 Å². The van der Waals surface area contributed by atoms with Gasteiger partial charge < -0.3 is 14.7 Å². The first-order valence-corrected chi connectivity index (χ1v) is 9.81. The second kappa shape index (κ2) is 8.68. The molecule has 2 aromatic carbocycles. The summed E-state index contributed by atoms with van der Waals surface area (Å²) in [4.78, 5) is 15.5. The summed E-state index contributed by atoms with van der Waals surface area (Å²) >= 11 is 0. The summed E-state index contributed by atoms with van der Waals surface area (Å²) in [5, 5.41) is 11.7. The van der Waals surface area contributed by atoms with Crippen LogP contribution >= 0.6 is 0 Å². The molecule has 1 saturated heterocycles. The number of aliphatic hydroxyl groups is 1. The van der Waals surface area contributed by atoms with Crippen molar-refractivity contribution in [1.82, 2.24) is 4.90 Å². The summed E-state index contributed by atoms with van der Waals surface area (Å²) in [5.41, 5.74) is 0.352. The molecule has 2 aromatic rings. The lowest BCUT2D eigenvalue weighted by molar-refractivity contribution is -0.170. The number of benzene rings is 2. The van der Waals surface area contributed by atoms with Crippen LogP contribution in [0.25, 0.3) is 0 Å². The Kier molecular flexibility index (Phi) is 6.30. The fraction of sp³-hybridized carbons (Fsp3) is 0.435. The number of esters is 1. The van der Waals surface area contributed by atoms with Gasteiger partial charge in [0, 0.05) is 18.7 Å². The molecular weight excluding hydrogens is 338 g/mol. The standard InChI is InChI=1S/C23H29NO3/c1-3-9-18-10-7-8-13-21(18)23(26,19-11-5-4-6-12-19)22(25)27-20-14-16-24(2)17-15-20/h4-8,10-13,20,26H,3,9,14-17H2,1-2H3. The lowest BCUT2D eigenvalue weighted by Gasteiger charge is -2.33. The number of hydrogen-bond donors (Lipinski definition) is 1. The van der Waals surface area contributed by atoms with Crippen LogP contribution in [0.1, 0.15) is 42.9 Å². The lowest BCUT2D eigenvalue weighted by Crippen LogP contribution is -2.43. The molecule has 0 aromatic heterocycles. The van der Waals surface area contributed by atoms with Crippen LogP contribution in [-0.4, -0.2) is 42.2 Å². The molecule has 4 heteroatoms. The summed E-state index contributed by atoms with van der Waals surface area (Å²) in [6.45, 7) is 3.89. The second-order valence-corrected chi connectivity index (χ2v) is 7.39. The Bertz CT molecular complexity index is 753. The van der Waals surface area contributed by atoms with E-state index in [1.807, 2.05) is 42.5 Å². The Morgan fingerprint density at radius 2 is 1.74 bits per heavy atom. The number of carbonyl (C=O) groups is 1. The van der Waals surface area contributed by atoms with Gasteiger partial charge in [-0.3, -0.25) is 0 Å². The van der Waals surface area contributed by atoms with Crippen LogP contribution < -0.4 is 0 Å². The van der Waals surface area contributed by atoms with Crippen LogP contribution in [0.2, 0.25) is 0 Å². The highest BCUT2D eigenvalue weighted by Crippen LogP contribution is 2.35. The maximum Gasteiger partial charge on any atom is 0.347 e. The Labute approximate surface area is 161 Å². The first-order valence-electron chi connectivity index (χ1n) is 9.81. The van der Waals surface area contributed by atoms with Crippen LogP contribution in [-0.2, 0) is 21.6 Å². The predicted octanol–water partition coefficient (Wildman–Crippen LogP) is 3.51. The van der Waals surface area contributed by atoms with Crippen molar-refractivity contribution < 1.29 is 14.6 Å². The predicted molar refractivity (Wildman–Crippen MR) is 106 cm³/mol. The summed E-state index contributed by atoms with van der Waals surface area (Å²) in [5.74, 6) is -0.577. The summed E-state index contributed by atoms with van der Waals surface area (Å²) in [6, 6.07) is 16.8. The zero-order chi connectivity index (χ0) is 19.3. The molecule has 0 bridgehead atoms. The molecule has 0 saturated carbocycles. The zero-order valence-corrected chi connectivity index (χ0v) is 16.2. The summed E-state index contributed by atoms with van der Waals surface area (Å²) in [7, 11) is 2.07. The van der Waals surface area contributed by atoms with Crippen molar-refractivity contribution >= 4 is 5.97 Å². The normalized spacial score (nSPS) is 18.0. The number of nitrogens with zero attached hydrogens (tertiary/aromatic N) is 1. The molecule has 3 rings (SSSR count). The zero-order valence-electron chi connectivity index (χ0n) is 16.2. The highest BCUT2D eigenvalue weighted by atomic mass is 16.6. The average Bonchev–Trinajstić information content (AvgIpc) is 2.70. The van der Waals surface area contributed by atoms with E-state index in [-0.39, 0.29) is 6.10 Å². The van der Waals surface area contributed by atoms with Crippen molar-refractivity contribution in [3.8, 4) is 0 Å². The molecule has 1 N–H and O–H groups in total. The van der Waals surface area contributed by atoms with Crippen LogP contribution in [0.15, 0.2) is 54.6 Å². The van der Waals surface area contributed by atoms with Crippen molar-refractivity contribution in [2.75, 3.05) is 20.1 Å². The third-order valence-electron chi connectivity index (χ3n) is 5.35. The number of ether oxygens (including phenoxy) is 1. The smallest absolute Gasteiger partial charge is 0.347 e. The number of piperidine rings is 1. The van der Waals surface area contributed by atoms with E-state index in [1.165, 1.54) is 0 Å². The summed E-state index contributed by atoms with van der Waals surface area (Å²) < 4.78 is 5.83. The van der Waals surface area contributed by atoms with Gasteiger partial charge in [0.25, 0.3) is 0 Å². The van der Waals surface area contributed by atoms with E-state index >= 15 is 0 Å². The van der Waals surface area contributed by atoms with Gasteiger partial charge in [0.05, 0.1) is 0 Å². The fourth-order valence-corrected chi connectivity index (χ4v) is 3.76. The largest absolute Gasteiger partial charge is 0.460 e. The van der Waals surface area contributed by atoms with Gasteiger partial charge in [0.1, 0.15) is 6.10 Å². The Morgan fingerprint density at radius 3 is 2.41 bits per heavy atom. The van der Waals surface area contributed by atoms with E-state index in [9.17, 15) is 9.90 Å². The number of hydrogen-bond acceptors (Lipinski definition) is 4. The highest BCUT2D eigenvalue weighted by molar-refractivity contribution is 5.86. The van der Waals surface area contributed by atoms with Gasteiger partial charge in [-0.1, -0.05) is 67.9 Å². The number of rotatable bonds is 6. The molecule has 1 atom stereocenters. The molecule has 0 amide bonds. The Balaban J connectivity index is 1.97. The minimum absolute atomic E-state index is 0.151. The molecule has 1 fully saturated rings. The van der Waals surface area contributed by atoms with Gasteiger partial charge in [-0.2, -0.15) is 0 Å². The maximum absolute atomic E-state index is 13.3. The number of aryl methyl sites for hydroxylation is 1. The Hall–Kier alpha value is -2.17. The molecule has 27 heavy (non-hydrogen) atoms. The van der Waals surface area contributed by atoms with Crippen molar-refractivity contribution in [3.05, 3.63) is 71.3 Å². The van der Waals surface area contributed by atoms with Crippen LogP contribution in [0.5, 0.6) is 0 Å². The second-order valence-electron chi connectivity index (χ2n) is 7.39. The van der Waals surface area contributed by atoms with Crippen LogP contribution in [0.4, 0.5) is 0 Å². The van der Waals surface area contributed by atoms with E-state index in [0.29, 0.717) is 11.1 Å². The number of carbonyl (C=O) groups excluding carboxylic acids is 1. The molecule has 0 aliphatic carbocycles. The van der Waals surface area contributed by atoms with E-state index in [2.05, 4.69) is 18.9 Å².